The van der Waals surface area contributed by atoms with Crippen molar-refractivity contribution in [2.75, 3.05) is 32.1 Å². The summed E-state index contributed by atoms with van der Waals surface area (Å²) in [4.78, 5) is 2.32. The first-order valence-corrected chi connectivity index (χ1v) is 5.67. The number of halogens is 1. The Kier molecular flexibility index (Phi) is 2.79. The highest BCUT2D eigenvalue weighted by Gasteiger charge is 2.25. The molecule has 2 rings (SSSR count). The Bertz CT molecular complexity index is 338. The van der Waals surface area contributed by atoms with Crippen molar-refractivity contribution >= 4 is 21.6 Å². The van der Waals surface area contributed by atoms with E-state index in [9.17, 15) is 0 Å². The van der Waals surface area contributed by atoms with Crippen molar-refractivity contribution in [1.29, 1.82) is 0 Å². The van der Waals surface area contributed by atoms with Gasteiger partial charge in [-0.05, 0) is 30.8 Å². The van der Waals surface area contributed by atoms with E-state index in [1.165, 1.54) is 15.7 Å². The van der Waals surface area contributed by atoms with Gasteiger partial charge in [-0.1, -0.05) is 15.9 Å². The fraction of sp³-hybridized carbons (Fsp3) is 0.455. The second-order valence-electron chi connectivity index (χ2n) is 3.84. The van der Waals surface area contributed by atoms with Gasteiger partial charge in [0.1, 0.15) is 0 Å². The van der Waals surface area contributed by atoms with E-state index in [0.29, 0.717) is 5.92 Å². The summed E-state index contributed by atoms with van der Waals surface area (Å²) in [6.07, 6.45) is 0. The molecule has 0 bridgehead atoms. The fourth-order valence-corrected chi connectivity index (χ4v) is 2.53. The van der Waals surface area contributed by atoms with Crippen LogP contribution in [0.2, 0.25) is 0 Å². The van der Waals surface area contributed by atoms with Gasteiger partial charge < -0.3 is 10.2 Å². The highest BCUT2D eigenvalue weighted by atomic mass is 79.9. The quantitative estimate of drug-likeness (QED) is 0.871. The summed E-state index contributed by atoms with van der Waals surface area (Å²) < 4.78 is 1.17. The number of likely N-dealkylation sites (N-methyl/N-ethyl adjacent to an activating group) is 2. The van der Waals surface area contributed by atoms with Gasteiger partial charge in [0, 0.05) is 36.2 Å². The summed E-state index contributed by atoms with van der Waals surface area (Å²) in [5.74, 6) is 0.623. The smallest absolute Gasteiger partial charge is 0.0401 e. The molecule has 1 aromatic rings. The zero-order valence-electron chi connectivity index (χ0n) is 8.55. The molecule has 0 amide bonds. The minimum Gasteiger partial charge on any atom is -0.374 e. The summed E-state index contributed by atoms with van der Waals surface area (Å²) in [5, 5.41) is 3.25. The molecule has 1 unspecified atom stereocenters. The topological polar surface area (TPSA) is 15.3 Å². The van der Waals surface area contributed by atoms with E-state index in [0.717, 1.165) is 13.1 Å². The Morgan fingerprint density at radius 1 is 1.57 bits per heavy atom. The average molecular weight is 255 g/mol. The lowest BCUT2D eigenvalue weighted by atomic mass is 10.0. The number of anilines is 1. The molecule has 1 aliphatic heterocycles. The maximum atomic E-state index is 3.52. The third-order valence-corrected chi connectivity index (χ3v) is 3.28. The van der Waals surface area contributed by atoms with E-state index in [1.807, 2.05) is 7.05 Å². The zero-order valence-corrected chi connectivity index (χ0v) is 10.1. The average Bonchev–Trinajstić information content (AvgIpc) is 2.44. The molecule has 0 aliphatic carbocycles. The maximum Gasteiger partial charge on any atom is 0.0401 e. The van der Waals surface area contributed by atoms with Gasteiger partial charge in [-0.3, -0.25) is 0 Å². The number of nitrogens with one attached hydrogen (secondary N) is 1. The van der Waals surface area contributed by atoms with Gasteiger partial charge in [0.05, 0.1) is 0 Å². The summed E-state index contributed by atoms with van der Waals surface area (Å²) in [7, 11) is 4.17. The summed E-state index contributed by atoms with van der Waals surface area (Å²) in [6.45, 7) is 2.17. The molecule has 1 atom stereocenters. The van der Waals surface area contributed by atoms with Crippen LogP contribution in [0, 0.1) is 0 Å². The van der Waals surface area contributed by atoms with E-state index < -0.39 is 0 Å². The van der Waals surface area contributed by atoms with Crippen LogP contribution in [-0.2, 0) is 0 Å². The molecule has 1 aromatic carbocycles. The highest BCUT2D eigenvalue weighted by Crippen LogP contribution is 2.36. The predicted octanol–water partition coefficient (Wildman–Crippen LogP) is 2.20. The molecule has 0 saturated heterocycles. The van der Waals surface area contributed by atoms with Crippen LogP contribution in [0.5, 0.6) is 0 Å². The molecule has 0 spiro atoms. The SMILES string of the molecule is CNCC1CN(C)c2ccc(Br)cc21. The monoisotopic (exact) mass is 254 g/mol. The molecule has 76 valence electrons. The number of fused-ring (bicyclic) bond motifs is 1. The standard InChI is InChI=1S/C11H15BrN2/c1-13-6-8-7-14(2)11-4-3-9(12)5-10(8)11/h3-5,8,13H,6-7H2,1-2H3. The van der Waals surface area contributed by atoms with Gasteiger partial charge in [-0.2, -0.15) is 0 Å². The van der Waals surface area contributed by atoms with Crippen LogP contribution >= 0.6 is 15.9 Å². The Balaban J connectivity index is 2.35. The van der Waals surface area contributed by atoms with Gasteiger partial charge in [0.15, 0.2) is 0 Å². The first kappa shape index (κ1) is 9.99. The summed E-state index contributed by atoms with van der Waals surface area (Å²) in [6, 6.07) is 6.53. The van der Waals surface area contributed by atoms with Gasteiger partial charge in [-0.25, -0.2) is 0 Å². The molecule has 14 heavy (non-hydrogen) atoms. The molecule has 0 radical (unpaired) electrons. The van der Waals surface area contributed by atoms with Crippen molar-refractivity contribution in [2.24, 2.45) is 0 Å². The van der Waals surface area contributed by atoms with Crippen molar-refractivity contribution in [2.45, 2.75) is 5.92 Å². The number of hydrogen-bond donors (Lipinski definition) is 1. The molecule has 1 aliphatic rings. The van der Waals surface area contributed by atoms with Crippen LogP contribution in [-0.4, -0.2) is 27.2 Å². The Hall–Kier alpha value is -0.540. The van der Waals surface area contributed by atoms with Crippen molar-refractivity contribution < 1.29 is 0 Å². The number of nitrogens with zero attached hydrogens (tertiary/aromatic N) is 1. The molecule has 2 nitrogen and oxygen atoms in total. The van der Waals surface area contributed by atoms with Crippen LogP contribution in [0.3, 0.4) is 0 Å². The molecule has 3 heteroatoms. The highest BCUT2D eigenvalue weighted by molar-refractivity contribution is 9.10. The molecule has 0 saturated carbocycles. The van der Waals surface area contributed by atoms with Gasteiger partial charge in [0.2, 0.25) is 0 Å². The fourth-order valence-electron chi connectivity index (χ4n) is 2.15. The number of rotatable bonds is 2. The van der Waals surface area contributed by atoms with E-state index in [1.54, 1.807) is 0 Å². The third-order valence-electron chi connectivity index (χ3n) is 2.79. The molecule has 1 heterocycles. The molecular formula is C11H15BrN2. The molecule has 0 aromatic heterocycles. The van der Waals surface area contributed by atoms with Crippen molar-refractivity contribution in [3.63, 3.8) is 0 Å². The Morgan fingerprint density at radius 3 is 3.07 bits per heavy atom. The second kappa shape index (κ2) is 3.91. The lowest BCUT2D eigenvalue weighted by Crippen LogP contribution is -2.22. The molecule has 0 fully saturated rings. The minimum atomic E-state index is 0.623. The molecular weight excluding hydrogens is 240 g/mol. The van der Waals surface area contributed by atoms with E-state index in [4.69, 9.17) is 0 Å². The van der Waals surface area contributed by atoms with Crippen LogP contribution in [0.25, 0.3) is 0 Å². The van der Waals surface area contributed by atoms with Gasteiger partial charge >= 0.3 is 0 Å². The zero-order chi connectivity index (χ0) is 10.1. The third kappa shape index (κ3) is 1.66. The number of benzene rings is 1. The lowest BCUT2D eigenvalue weighted by molar-refractivity contribution is 0.654. The van der Waals surface area contributed by atoms with Gasteiger partial charge in [0.25, 0.3) is 0 Å². The maximum absolute atomic E-state index is 3.52. The first-order chi connectivity index (χ1) is 6.72. The minimum absolute atomic E-state index is 0.623. The van der Waals surface area contributed by atoms with Crippen LogP contribution < -0.4 is 10.2 Å². The van der Waals surface area contributed by atoms with E-state index >= 15 is 0 Å². The first-order valence-electron chi connectivity index (χ1n) is 4.87. The van der Waals surface area contributed by atoms with Crippen molar-refractivity contribution in [3.8, 4) is 0 Å². The number of hydrogen-bond acceptors (Lipinski definition) is 2. The molecule has 1 N–H and O–H groups in total. The lowest BCUT2D eigenvalue weighted by Gasteiger charge is -2.12. The van der Waals surface area contributed by atoms with Crippen LogP contribution in [0.15, 0.2) is 22.7 Å². The van der Waals surface area contributed by atoms with Crippen LogP contribution in [0.4, 0.5) is 5.69 Å². The second-order valence-corrected chi connectivity index (χ2v) is 4.75. The Morgan fingerprint density at radius 2 is 2.36 bits per heavy atom. The normalized spacial score (nSPS) is 19.9. The van der Waals surface area contributed by atoms with Crippen molar-refractivity contribution in [1.82, 2.24) is 5.32 Å². The van der Waals surface area contributed by atoms with E-state index in [-0.39, 0.29) is 0 Å². The summed E-state index contributed by atoms with van der Waals surface area (Å²) >= 11 is 3.52. The summed E-state index contributed by atoms with van der Waals surface area (Å²) in [5.41, 5.74) is 2.82. The predicted molar refractivity (Wildman–Crippen MR) is 64.1 cm³/mol. The Labute approximate surface area is 93.4 Å². The largest absolute Gasteiger partial charge is 0.374 e. The van der Waals surface area contributed by atoms with E-state index in [2.05, 4.69) is 51.4 Å². The van der Waals surface area contributed by atoms with Crippen LogP contribution in [0.1, 0.15) is 11.5 Å². The van der Waals surface area contributed by atoms with Crippen molar-refractivity contribution in [3.05, 3.63) is 28.2 Å². The van der Waals surface area contributed by atoms with Gasteiger partial charge in [-0.15, -0.1) is 0 Å².